The summed E-state index contributed by atoms with van der Waals surface area (Å²) in [6, 6.07) is 7.46. The predicted molar refractivity (Wildman–Crippen MR) is 58.2 cm³/mol. The van der Waals surface area contributed by atoms with Crippen LogP contribution in [0.15, 0.2) is 24.3 Å². The van der Waals surface area contributed by atoms with E-state index in [1.165, 1.54) is 5.56 Å². The molecule has 0 aliphatic carbocycles. The second-order valence-electron chi connectivity index (χ2n) is 2.90. The number of hydrogen-bond donors (Lipinski definition) is 1. The minimum absolute atomic E-state index is 0.364. The van der Waals surface area contributed by atoms with Gasteiger partial charge in [-0.25, -0.2) is 0 Å². The smallest absolute Gasteiger partial charge is 0.115 e. The number of phenolic OH excluding ortho intramolecular Hbond substituents is 1. The summed E-state index contributed by atoms with van der Waals surface area (Å²) in [5.74, 6) is 0.907. The maximum absolute atomic E-state index is 9.16. The quantitative estimate of drug-likeness (QED) is 0.731. The molecule has 74 valence electrons. The highest BCUT2D eigenvalue weighted by Gasteiger charge is 2.01. The molecule has 0 aromatic heterocycles. The molecule has 0 amide bonds. The Kier molecular flexibility index (Phi) is 6.03. The van der Waals surface area contributed by atoms with Gasteiger partial charge in [0.2, 0.25) is 0 Å². The molecule has 1 N–H and O–H groups in total. The first-order valence-electron chi connectivity index (χ1n) is 5.03. The lowest BCUT2D eigenvalue weighted by atomic mass is 9.99. The van der Waals surface area contributed by atoms with E-state index in [0.29, 0.717) is 11.7 Å². The van der Waals surface area contributed by atoms with Gasteiger partial charge in [-0.3, -0.25) is 0 Å². The van der Waals surface area contributed by atoms with Crippen molar-refractivity contribution in [1.29, 1.82) is 0 Å². The van der Waals surface area contributed by atoms with Gasteiger partial charge in [-0.2, -0.15) is 0 Å². The van der Waals surface area contributed by atoms with Crippen molar-refractivity contribution < 1.29 is 5.11 Å². The summed E-state index contributed by atoms with van der Waals surface area (Å²) < 4.78 is 0. The molecular formula is C12H20O. The van der Waals surface area contributed by atoms with Crippen molar-refractivity contribution in [3.05, 3.63) is 29.8 Å². The molecule has 0 heterocycles. The van der Waals surface area contributed by atoms with Gasteiger partial charge in [0, 0.05) is 0 Å². The van der Waals surface area contributed by atoms with Gasteiger partial charge in [-0.15, -0.1) is 0 Å². The second kappa shape index (κ2) is 6.53. The Labute approximate surface area is 81.4 Å². The monoisotopic (exact) mass is 180 g/mol. The summed E-state index contributed by atoms with van der Waals surface area (Å²) in [6.07, 6.45) is 1.11. The maximum Gasteiger partial charge on any atom is 0.115 e. The van der Waals surface area contributed by atoms with Crippen LogP contribution in [-0.4, -0.2) is 5.11 Å². The fourth-order valence-electron chi connectivity index (χ4n) is 1.07. The molecule has 1 aromatic carbocycles. The van der Waals surface area contributed by atoms with E-state index < -0.39 is 0 Å². The lowest BCUT2D eigenvalue weighted by Crippen LogP contribution is -1.89. The van der Waals surface area contributed by atoms with Crippen molar-refractivity contribution in [2.24, 2.45) is 0 Å². The number of benzene rings is 1. The van der Waals surface area contributed by atoms with Crippen LogP contribution in [-0.2, 0) is 0 Å². The Morgan fingerprint density at radius 1 is 1.31 bits per heavy atom. The average molecular weight is 180 g/mol. The Hall–Kier alpha value is -0.980. The summed E-state index contributed by atoms with van der Waals surface area (Å²) in [5.41, 5.74) is 1.22. The lowest BCUT2D eigenvalue weighted by molar-refractivity contribution is 0.473. The molecule has 0 spiro atoms. The molecule has 0 radical (unpaired) electrons. The van der Waals surface area contributed by atoms with Crippen molar-refractivity contribution in [2.45, 2.75) is 40.0 Å². The standard InChI is InChI=1S/C10H14O.C2H6/c1-3-8(2)9-5-4-6-10(11)7-9;1-2/h4-8,11H,3H2,1-2H3;1-2H3. The van der Waals surface area contributed by atoms with Crippen molar-refractivity contribution in [2.75, 3.05) is 0 Å². The zero-order valence-electron chi connectivity index (χ0n) is 9.04. The van der Waals surface area contributed by atoms with E-state index in [9.17, 15) is 0 Å². The van der Waals surface area contributed by atoms with Crippen molar-refractivity contribution in [1.82, 2.24) is 0 Å². The third kappa shape index (κ3) is 3.97. The third-order valence-corrected chi connectivity index (χ3v) is 2.05. The van der Waals surface area contributed by atoms with Crippen LogP contribution in [0, 0.1) is 0 Å². The lowest BCUT2D eigenvalue weighted by Gasteiger charge is -2.07. The molecule has 1 nitrogen and oxygen atoms in total. The van der Waals surface area contributed by atoms with Crippen LogP contribution < -0.4 is 0 Å². The van der Waals surface area contributed by atoms with Gasteiger partial charge >= 0.3 is 0 Å². The normalized spacial score (nSPS) is 11.4. The molecule has 0 bridgehead atoms. The van der Waals surface area contributed by atoms with Crippen LogP contribution in [0.25, 0.3) is 0 Å². The molecule has 1 rings (SSSR count). The summed E-state index contributed by atoms with van der Waals surface area (Å²) in [7, 11) is 0. The van der Waals surface area contributed by atoms with Gasteiger partial charge in [0.25, 0.3) is 0 Å². The van der Waals surface area contributed by atoms with Gasteiger partial charge in [0.1, 0.15) is 5.75 Å². The van der Waals surface area contributed by atoms with Crippen molar-refractivity contribution >= 4 is 0 Å². The van der Waals surface area contributed by atoms with Crippen molar-refractivity contribution in [3.63, 3.8) is 0 Å². The molecule has 1 unspecified atom stereocenters. The van der Waals surface area contributed by atoms with E-state index in [0.717, 1.165) is 6.42 Å². The van der Waals surface area contributed by atoms with Gasteiger partial charge < -0.3 is 5.11 Å². The molecule has 13 heavy (non-hydrogen) atoms. The molecular weight excluding hydrogens is 160 g/mol. The van der Waals surface area contributed by atoms with Crippen LogP contribution in [0.3, 0.4) is 0 Å². The molecule has 1 heteroatoms. The highest BCUT2D eigenvalue weighted by Crippen LogP contribution is 2.21. The predicted octanol–water partition coefficient (Wildman–Crippen LogP) is 3.93. The maximum atomic E-state index is 9.16. The largest absolute Gasteiger partial charge is 0.508 e. The Morgan fingerprint density at radius 3 is 2.38 bits per heavy atom. The second-order valence-corrected chi connectivity index (χ2v) is 2.90. The van der Waals surface area contributed by atoms with Crippen LogP contribution in [0.4, 0.5) is 0 Å². The minimum Gasteiger partial charge on any atom is -0.508 e. The van der Waals surface area contributed by atoms with Gasteiger partial charge in [-0.1, -0.05) is 39.8 Å². The average Bonchev–Trinajstić information content (AvgIpc) is 2.20. The highest BCUT2D eigenvalue weighted by molar-refractivity contribution is 5.29. The number of aromatic hydroxyl groups is 1. The first-order chi connectivity index (χ1) is 6.24. The fourth-order valence-corrected chi connectivity index (χ4v) is 1.07. The zero-order valence-corrected chi connectivity index (χ0v) is 9.04. The summed E-state index contributed by atoms with van der Waals surface area (Å²) in [4.78, 5) is 0. The number of phenols is 1. The fraction of sp³-hybridized carbons (Fsp3) is 0.500. The summed E-state index contributed by atoms with van der Waals surface area (Å²) >= 11 is 0. The van der Waals surface area contributed by atoms with E-state index in [2.05, 4.69) is 13.8 Å². The van der Waals surface area contributed by atoms with Crippen LogP contribution in [0.1, 0.15) is 45.6 Å². The van der Waals surface area contributed by atoms with E-state index in [4.69, 9.17) is 5.11 Å². The summed E-state index contributed by atoms with van der Waals surface area (Å²) in [6.45, 7) is 8.31. The number of hydrogen-bond acceptors (Lipinski definition) is 1. The molecule has 1 aromatic rings. The molecule has 1 atom stereocenters. The van der Waals surface area contributed by atoms with Gasteiger partial charge in [-0.05, 0) is 30.0 Å². The molecule has 0 aliphatic rings. The first-order valence-corrected chi connectivity index (χ1v) is 5.03. The Morgan fingerprint density at radius 2 is 1.92 bits per heavy atom. The van der Waals surface area contributed by atoms with E-state index in [1.807, 2.05) is 32.0 Å². The zero-order chi connectivity index (χ0) is 10.3. The SMILES string of the molecule is CC.CCC(C)c1cccc(O)c1. The van der Waals surface area contributed by atoms with Crippen LogP contribution >= 0.6 is 0 Å². The molecule has 0 saturated carbocycles. The Bertz CT molecular complexity index is 230. The topological polar surface area (TPSA) is 20.2 Å². The van der Waals surface area contributed by atoms with E-state index in [1.54, 1.807) is 6.07 Å². The van der Waals surface area contributed by atoms with Gasteiger partial charge in [0.15, 0.2) is 0 Å². The molecule has 0 saturated heterocycles. The third-order valence-electron chi connectivity index (χ3n) is 2.05. The first kappa shape index (κ1) is 12.0. The Balaban J connectivity index is 0.000000671. The van der Waals surface area contributed by atoms with Gasteiger partial charge in [0.05, 0.1) is 0 Å². The van der Waals surface area contributed by atoms with Crippen molar-refractivity contribution in [3.8, 4) is 5.75 Å². The van der Waals surface area contributed by atoms with Crippen LogP contribution in [0.5, 0.6) is 5.75 Å². The van der Waals surface area contributed by atoms with E-state index >= 15 is 0 Å². The number of rotatable bonds is 2. The molecule has 0 aliphatic heterocycles. The van der Waals surface area contributed by atoms with E-state index in [-0.39, 0.29) is 0 Å². The minimum atomic E-state index is 0.364. The summed E-state index contributed by atoms with van der Waals surface area (Å²) in [5, 5.41) is 9.16. The highest BCUT2D eigenvalue weighted by atomic mass is 16.3. The van der Waals surface area contributed by atoms with Crippen LogP contribution in [0.2, 0.25) is 0 Å². The molecule has 0 fully saturated rings.